The van der Waals surface area contributed by atoms with E-state index in [2.05, 4.69) is 104 Å². The van der Waals surface area contributed by atoms with Crippen LogP contribution >= 0.6 is 7.82 Å². The van der Waals surface area contributed by atoms with Crippen molar-refractivity contribution in [3.8, 4) is 0 Å². The molecule has 0 bridgehead atoms. The summed E-state index contributed by atoms with van der Waals surface area (Å²) in [4.78, 5) is 23.2. The third-order valence-electron chi connectivity index (χ3n) is 11.3. The van der Waals surface area contributed by atoms with Gasteiger partial charge in [-0.1, -0.05) is 214 Å². The van der Waals surface area contributed by atoms with Gasteiger partial charge in [0.2, 0.25) is 5.91 Å². The van der Waals surface area contributed by atoms with E-state index >= 15 is 0 Å². The van der Waals surface area contributed by atoms with Crippen molar-refractivity contribution in [3.63, 3.8) is 0 Å². The highest BCUT2D eigenvalue weighted by atomic mass is 31.2. The van der Waals surface area contributed by atoms with Gasteiger partial charge in [-0.05, 0) is 83.5 Å². The zero-order valence-corrected chi connectivity index (χ0v) is 44.0. The second-order valence-electron chi connectivity index (χ2n) is 18.9. The summed E-state index contributed by atoms with van der Waals surface area (Å²) in [6.07, 6.45) is 67.8. The first-order chi connectivity index (χ1) is 32.0. The minimum absolute atomic E-state index is 0.0507. The molecule has 0 heterocycles. The monoisotopic (exact) mass is 942 g/mol. The van der Waals surface area contributed by atoms with Gasteiger partial charge in [-0.15, -0.1) is 0 Å². The van der Waals surface area contributed by atoms with Gasteiger partial charge < -0.3 is 19.8 Å². The maximum Gasteiger partial charge on any atom is 0.472 e. The van der Waals surface area contributed by atoms with Crippen LogP contribution in [0.1, 0.15) is 206 Å². The van der Waals surface area contributed by atoms with Gasteiger partial charge in [0.05, 0.1) is 39.9 Å². The number of hydrogen-bond acceptors (Lipinski definition) is 5. The molecule has 0 aliphatic heterocycles. The highest BCUT2D eigenvalue weighted by molar-refractivity contribution is 7.47. The summed E-state index contributed by atoms with van der Waals surface area (Å²) < 4.78 is 23.6. The highest BCUT2D eigenvalue weighted by Gasteiger charge is 2.27. The molecule has 380 valence electrons. The number of nitrogens with zero attached hydrogens (tertiary/aromatic N) is 1. The number of allylic oxidation sites excluding steroid dienone is 15. The quantitative estimate of drug-likeness (QED) is 0.0243. The summed E-state index contributed by atoms with van der Waals surface area (Å²) in [5.74, 6) is -0.196. The maximum atomic E-state index is 12.9. The van der Waals surface area contributed by atoms with Crippen molar-refractivity contribution in [2.24, 2.45) is 0 Å². The zero-order valence-electron chi connectivity index (χ0n) is 43.1. The summed E-state index contributed by atoms with van der Waals surface area (Å²) in [6, 6.07) is -0.871. The fourth-order valence-electron chi connectivity index (χ4n) is 7.12. The number of carbonyl (C=O) groups excluding carboxylic acids is 1. The zero-order chi connectivity index (χ0) is 48.5. The number of aliphatic hydroxyl groups excluding tert-OH is 1. The molecule has 0 aromatic carbocycles. The van der Waals surface area contributed by atoms with Crippen LogP contribution in [-0.4, -0.2) is 73.4 Å². The SMILES string of the molecule is CC/C=C\C/C=C\C/C=C\C/C=C\C/C=C\C/C=C\CCCCCCCCCCCCC(=O)NC(COP(=O)(O)OCC[N+](C)(C)C)C(O)/C=C/CC/C=C/CCCCCCCCCCC. The summed E-state index contributed by atoms with van der Waals surface area (Å²) in [5.41, 5.74) is 0. The Labute approximate surface area is 407 Å². The van der Waals surface area contributed by atoms with Gasteiger partial charge in [-0.2, -0.15) is 0 Å². The molecule has 66 heavy (non-hydrogen) atoms. The van der Waals surface area contributed by atoms with E-state index in [1.165, 1.54) is 103 Å². The lowest BCUT2D eigenvalue weighted by Crippen LogP contribution is -2.45. The van der Waals surface area contributed by atoms with Crippen LogP contribution in [0, 0.1) is 0 Å². The number of phosphoric ester groups is 1. The first-order valence-electron chi connectivity index (χ1n) is 26.6. The molecule has 9 heteroatoms. The van der Waals surface area contributed by atoms with E-state index in [-0.39, 0.29) is 19.1 Å². The molecule has 0 spiro atoms. The highest BCUT2D eigenvalue weighted by Crippen LogP contribution is 2.43. The van der Waals surface area contributed by atoms with E-state index in [9.17, 15) is 19.4 Å². The minimum atomic E-state index is -4.36. The van der Waals surface area contributed by atoms with Crippen LogP contribution < -0.4 is 5.32 Å². The molecule has 0 rings (SSSR count). The van der Waals surface area contributed by atoms with E-state index in [1.54, 1.807) is 6.08 Å². The number of aliphatic hydroxyl groups is 1. The second kappa shape index (κ2) is 47.5. The maximum absolute atomic E-state index is 12.9. The lowest BCUT2D eigenvalue weighted by atomic mass is 10.0. The Kier molecular flexibility index (Phi) is 45.6. The number of likely N-dealkylation sites (N-methyl/N-ethyl adjacent to an activating group) is 1. The largest absolute Gasteiger partial charge is 0.472 e. The third-order valence-corrected chi connectivity index (χ3v) is 12.3. The van der Waals surface area contributed by atoms with Gasteiger partial charge in [0.15, 0.2) is 0 Å². The second-order valence-corrected chi connectivity index (χ2v) is 20.3. The Morgan fingerprint density at radius 1 is 0.530 bits per heavy atom. The third kappa shape index (κ3) is 49.3. The van der Waals surface area contributed by atoms with E-state index in [0.29, 0.717) is 17.4 Å². The normalized spacial score (nSPS) is 14.8. The standard InChI is InChI=1S/C57H101N2O6P/c1-6-8-10-12-14-16-18-20-22-23-24-25-26-27-28-29-30-31-32-33-34-35-37-39-41-43-45-47-49-51-57(61)58-55(54-65-66(62,63)64-53-52-59(3,4)5)56(60)50-48-46-44-42-40-38-36-21-19-17-15-13-11-9-7-2/h8,10,14,16,20,22,24-25,27-28,30-31,40,42,48,50,55-56,60H,6-7,9,11-13,15,17-19,21,23,26,29,32-39,41,43-47,49,51-54H2,1-5H3,(H-,58,61,62,63)/p+1/b10-8-,16-14-,22-20-,25-24-,28-27-,31-30-,42-40+,50-48+. The van der Waals surface area contributed by atoms with Gasteiger partial charge in [-0.25, -0.2) is 4.57 Å². The summed E-state index contributed by atoms with van der Waals surface area (Å²) in [6.45, 7) is 4.66. The molecule has 8 nitrogen and oxygen atoms in total. The molecular formula is C57H102N2O6P+. The summed E-state index contributed by atoms with van der Waals surface area (Å²) in [7, 11) is 1.54. The molecule has 3 atom stereocenters. The average molecular weight is 942 g/mol. The lowest BCUT2D eigenvalue weighted by molar-refractivity contribution is -0.870. The molecule has 0 saturated heterocycles. The molecule has 0 saturated carbocycles. The summed E-state index contributed by atoms with van der Waals surface area (Å²) in [5, 5.41) is 13.9. The molecule has 3 unspecified atom stereocenters. The summed E-state index contributed by atoms with van der Waals surface area (Å²) >= 11 is 0. The number of quaternary nitrogens is 1. The van der Waals surface area contributed by atoms with Gasteiger partial charge in [0.25, 0.3) is 0 Å². The van der Waals surface area contributed by atoms with Gasteiger partial charge >= 0.3 is 7.82 Å². The van der Waals surface area contributed by atoms with E-state index in [0.717, 1.165) is 83.5 Å². The lowest BCUT2D eigenvalue weighted by Gasteiger charge is -2.25. The Morgan fingerprint density at radius 2 is 0.924 bits per heavy atom. The fourth-order valence-corrected chi connectivity index (χ4v) is 7.85. The predicted molar refractivity (Wildman–Crippen MR) is 286 cm³/mol. The van der Waals surface area contributed by atoms with Crippen LogP contribution in [0.3, 0.4) is 0 Å². The van der Waals surface area contributed by atoms with Crippen molar-refractivity contribution in [2.75, 3.05) is 40.9 Å². The Balaban J connectivity index is 4.27. The van der Waals surface area contributed by atoms with E-state index in [1.807, 2.05) is 27.2 Å². The van der Waals surface area contributed by atoms with Crippen LogP contribution in [-0.2, 0) is 18.4 Å². The molecule has 0 aromatic heterocycles. The van der Waals surface area contributed by atoms with E-state index < -0.39 is 20.0 Å². The van der Waals surface area contributed by atoms with Gasteiger partial charge in [-0.3, -0.25) is 13.8 Å². The molecular weight excluding hydrogens is 840 g/mol. The number of rotatable bonds is 47. The van der Waals surface area contributed by atoms with Crippen LogP contribution in [0.25, 0.3) is 0 Å². The number of carbonyl (C=O) groups is 1. The van der Waals surface area contributed by atoms with Crippen molar-refractivity contribution in [3.05, 3.63) is 97.2 Å². The number of phosphoric acid groups is 1. The van der Waals surface area contributed by atoms with Crippen molar-refractivity contribution in [2.45, 2.75) is 219 Å². The Hall–Kier alpha value is -2.58. The first kappa shape index (κ1) is 63.4. The first-order valence-corrected chi connectivity index (χ1v) is 28.1. The van der Waals surface area contributed by atoms with Crippen LogP contribution in [0.5, 0.6) is 0 Å². The van der Waals surface area contributed by atoms with Crippen molar-refractivity contribution in [1.82, 2.24) is 5.32 Å². The fraction of sp³-hybridized carbons (Fsp3) is 0.702. The Bertz CT molecular complexity index is 1390. The number of hydrogen-bond donors (Lipinski definition) is 3. The smallest absolute Gasteiger partial charge is 0.387 e. The van der Waals surface area contributed by atoms with Crippen molar-refractivity contribution in [1.29, 1.82) is 0 Å². The number of unbranched alkanes of at least 4 members (excludes halogenated alkanes) is 20. The van der Waals surface area contributed by atoms with Gasteiger partial charge in [0, 0.05) is 6.42 Å². The van der Waals surface area contributed by atoms with Crippen molar-refractivity contribution >= 4 is 13.7 Å². The molecule has 1 amide bonds. The van der Waals surface area contributed by atoms with Gasteiger partial charge in [0.1, 0.15) is 13.2 Å². The van der Waals surface area contributed by atoms with Crippen LogP contribution in [0.2, 0.25) is 0 Å². The topological polar surface area (TPSA) is 105 Å². The van der Waals surface area contributed by atoms with E-state index in [4.69, 9.17) is 9.05 Å². The number of amides is 1. The average Bonchev–Trinajstić information content (AvgIpc) is 3.28. The molecule has 0 aliphatic rings. The molecule has 0 aromatic rings. The van der Waals surface area contributed by atoms with Crippen LogP contribution in [0.4, 0.5) is 0 Å². The molecule has 3 N–H and O–H groups in total. The van der Waals surface area contributed by atoms with Crippen molar-refractivity contribution < 1.29 is 32.9 Å². The minimum Gasteiger partial charge on any atom is -0.387 e. The van der Waals surface area contributed by atoms with Crippen LogP contribution in [0.15, 0.2) is 97.2 Å². The molecule has 0 aliphatic carbocycles. The Morgan fingerprint density at radius 3 is 1.39 bits per heavy atom. The predicted octanol–water partition coefficient (Wildman–Crippen LogP) is 15.9. The number of nitrogens with one attached hydrogen (secondary N) is 1. The molecule has 0 fully saturated rings. The molecule has 0 radical (unpaired) electrons.